The molecule has 0 saturated heterocycles. The minimum atomic E-state index is -0.447. The van der Waals surface area contributed by atoms with Crippen LogP contribution in [0.3, 0.4) is 0 Å². The molecule has 2 aromatic rings. The molecule has 6 nitrogen and oxygen atoms in total. The number of amides is 3. The van der Waals surface area contributed by atoms with Crippen molar-refractivity contribution in [3.05, 3.63) is 64.1 Å². The standard InChI is InChI=1S/C19H20BrN3O3/c1-2-3-7-17(24)21-16-10-8-13(9-11-16)18(25)22-23-19(26)14-5-4-6-15(20)12-14/h4-6,8-12H,2-3,7H2,1H3,(H,21,24)(H,22,25)(H,23,26). The molecule has 0 fully saturated rings. The Morgan fingerprint density at radius 3 is 2.19 bits per heavy atom. The highest BCUT2D eigenvalue weighted by atomic mass is 79.9. The van der Waals surface area contributed by atoms with Gasteiger partial charge in [0.25, 0.3) is 11.8 Å². The second-order valence-corrected chi connectivity index (χ2v) is 6.56. The van der Waals surface area contributed by atoms with E-state index >= 15 is 0 Å². The number of rotatable bonds is 6. The van der Waals surface area contributed by atoms with Gasteiger partial charge in [0, 0.05) is 27.7 Å². The summed E-state index contributed by atoms with van der Waals surface area (Å²) in [4.78, 5) is 35.8. The molecule has 0 atom stereocenters. The molecular formula is C19H20BrN3O3. The monoisotopic (exact) mass is 417 g/mol. The molecule has 0 aromatic heterocycles. The zero-order valence-electron chi connectivity index (χ0n) is 14.3. The van der Waals surface area contributed by atoms with E-state index in [0.717, 1.165) is 17.3 Å². The van der Waals surface area contributed by atoms with Gasteiger partial charge in [-0.1, -0.05) is 35.3 Å². The van der Waals surface area contributed by atoms with Gasteiger partial charge in [-0.3, -0.25) is 25.2 Å². The predicted molar refractivity (Wildman–Crippen MR) is 104 cm³/mol. The van der Waals surface area contributed by atoms with Gasteiger partial charge in [0.1, 0.15) is 0 Å². The van der Waals surface area contributed by atoms with E-state index in [-0.39, 0.29) is 5.91 Å². The second kappa shape index (κ2) is 9.72. The summed E-state index contributed by atoms with van der Waals surface area (Å²) in [5.41, 5.74) is 6.14. The lowest BCUT2D eigenvalue weighted by Gasteiger charge is -2.09. The maximum Gasteiger partial charge on any atom is 0.269 e. The average molecular weight is 418 g/mol. The van der Waals surface area contributed by atoms with E-state index in [1.165, 1.54) is 0 Å². The summed E-state index contributed by atoms with van der Waals surface area (Å²) in [7, 11) is 0. The maximum absolute atomic E-state index is 12.1. The van der Waals surface area contributed by atoms with Gasteiger partial charge in [-0.05, 0) is 48.9 Å². The zero-order valence-corrected chi connectivity index (χ0v) is 15.9. The molecule has 0 aliphatic rings. The molecule has 0 aliphatic heterocycles. The summed E-state index contributed by atoms with van der Waals surface area (Å²) in [6, 6.07) is 13.3. The van der Waals surface area contributed by atoms with Crippen LogP contribution in [0.2, 0.25) is 0 Å². The minimum absolute atomic E-state index is 0.0506. The number of carbonyl (C=O) groups is 3. The first-order chi connectivity index (χ1) is 12.5. The quantitative estimate of drug-likeness (QED) is 0.626. The van der Waals surface area contributed by atoms with Crippen molar-refractivity contribution >= 4 is 39.3 Å². The minimum Gasteiger partial charge on any atom is -0.326 e. The average Bonchev–Trinajstić information content (AvgIpc) is 2.64. The van der Waals surface area contributed by atoms with Gasteiger partial charge in [0.15, 0.2) is 0 Å². The molecule has 0 radical (unpaired) electrons. The molecule has 0 heterocycles. The summed E-state index contributed by atoms with van der Waals surface area (Å²) >= 11 is 3.29. The van der Waals surface area contributed by atoms with Crippen LogP contribution in [0.5, 0.6) is 0 Å². The number of benzene rings is 2. The number of nitrogens with one attached hydrogen (secondary N) is 3. The molecule has 26 heavy (non-hydrogen) atoms. The van der Waals surface area contributed by atoms with Crippen LogP contribution in [0.4, 0.5) is 5.69 Å². The molecule has 3 N–H and O–H groups in total. The Morgan fingerprint density at radius 2 is 1.58 bits per heavy atom. The van der Waals surface area contributed by atoms with Crippen LogP contribution in [-0.2, 0) is 4.79 Å². The van der Waals surface area contributed by atoms with Gasteiger partial charge < -0.3 is 5.32 Å². The second-order valence-electron chi connectivity index (χ2n) is 5.65. The van der Waals surface area contributed by atoms with Crippen LogP contribution >= 0.6 is 15.9 Å². The third-order valence-corrected chi connectivity index (χ3v) is 4.06. The van der Waals surface area contributed by atoms with E-state index in [4.69, 9.17) is 0 Å². The van der Waals surface area contributed by atoms with Crippen molar-refractivity contribution in [3.8, 4) is 0 Å². The normalized spacial score (nSPS) is 10.1. The largest absolute Gasteiger partial charge is 0.326 e. The third-order valence-electron chi connectivity index (χ3n) is 3.56. The van der Waals surface area contributed by atoms with Crippen molar-refractivity contribution in [2.45, 2.75) is 26.2 Å². The highest BCUT2D eigenvalue weighted by molar-refractivity contribution is 9.10. The first kappa shape index (κ1) is 19.7. The molecule has 0 saturated carbocycles. The lowest BCUT2D eigenvalue weighted by Crippen LogP contribution is -2.41. The first-order valence-corrected chi connectivity index (χ1v) is 9.05. The fraction of sp³-hybridized carbons (Fsp3) is 0.211. The van der Waals surface area contributed by atoms with Crippen molar-refractivity contribution in [3.63, 3.8) is 0 Å². The topological polar surface area (TPSA) is 87.3 Å². The Balaban J connectivity index is 1.87. The van der Waals surface area contributed by atoms with Crippen LogP contribution in [0.15, 0.2) is 53.0 Å². The van der Waals surface area contributed by atoms with E-state index in [0.29, 0.717) is 23.2 Å². The predicted octanol–water partition coefficient (Wildman–Crippen LogP) is 3.65. The highest BCUT2D eigenvalue weighted by Gasteiger charge is 2.10. The maximum atomic E-state index is 12.1. The lowest BCUT2D eigenvalue weighted by molar-refractivity contribution is -0.116. The van der Waals surface area contributed by atoms with Gasteiger partial charge in [-0.25, -0.2) is 0 Å². The van der Waals surface area contributed by atoms with E-state index in [1.807, 2.05) is 6.92 Å². The van der Waals surface area contributed by atoms with Crippen molar-refractivity contribution < 1.29 is 14.4 Å². The smallest absolute Gasteiger partial charge is 0.269 e. The fourth-order valence-corrected chi connectivity index (χ4v) is 2.55. The van der Waals surface area contributed by atoms with Gasteiger partial charge in [0.2, 0.25) is 5.91 Å². The van der Waals surface area contributed by atoms with E-state index in [2.05, 4.69) is 32.1 Å². The van der Waals surface area contributed by atoms with Crippen molar-refractivity contribution in [2.24, 2.45) is 0 Å². The summed E-state index contributed by atoms with van der Waals surface area (Å²) < 4.78 is 0.771. The summed E-state index contributed by atoms with van der Waals surface area (Å²) in [5, 5.41) is 2.78. The molecule has 0 bridgehead atoms. The number of anilines is 1. The number of hydrazine groups is 1. The van der Waals surface area contributed by atoms with E-state index in [9.17, 15) is 14.4 Å². The molecule has 2 aromatic carbocycles. The Bertz CT molecular complexity index is 791. The summed E-state index contributed by atoms with van der Waals surface area (Å²) in [5.74, 6) is -0.915. The lowest BCUT2D eigenvalue weighted by atomic mass is 10.2. The first-order valence-electron chi connectivity index (χ1n) is 8.25. The van der Waals surface area contributed by atoms with Gasteiger partial charge in [-0.2, -0.15) is 0 Å². The highest BCUT2D eigenvalue weighted by Crippen LogP contribution is 2.12. The molecule has 0 spiro atoms. The number of halogens is 1. The molecule has 136 valence electrons. The van der Waals surface area contributed by atoms with Crippen LogP contribution < -0.4 is 16.2 Å². The summed E-state index contributed by atoms with van der Waals surface area (Å²) in [6.45, 7) is 2.02. The van der Waals surface area contributed by atoms with E-state index in [1.54, 1.807) is 48.5 Å². The molecule has 0 aliphatic carbocycles. The van der Waals surface area contributed by atoms with Gasteiger partial charge in [-0.15, -0.1) is 0 Å². The number of hydrogen-bond donors (Lipinski definition) is 3. The van der Waals surface area contributed by atoms with Crippen LogP contribution in [0.1, 0.15) is 46.9 Å². The molecule has 7 heteroatoms. The molecular weight excluding hydrogens is 398 g/mol. The van der Waals surface area contributed by atoms with Gasteiger partial charge >= 0.3 is 0 Å². The Labute approximate surface area is 160 Å². The number of unbranched alkanes of at least 4 members (excludes halogenated alkanes) is 1. The number of hydrogen-bond acceptors (Lipinski definition) is 3. The Kier molecular flexibility index (Phi) is 7.35. The van der Waals surface area contributed by atoms with Crippen LogP contribution in [0, 0.1) is 0 Å². The summed E-state index contributed by atoms with van der Waals surface area (Å²) in [6.07, 6.45) is 2.27. The van der Waals surface area contributed by atoms with E-state index < -0.39 is 11.8 Å². The SMILES string of the molecule is CCCCC(=O)Nc1ccc(C(=O)NNC(=O)c2cccc(Br)c2)cc1. The van der Waals surface area contributed by atoms with Crippen molar-refractivity contribution in [2.75, 3.05) is 5.32 Å². The third kappa shape index (κ3) is 6.00. The van der Waals surface area contributed by atoms with Crippen molar-refractivity contribution in [1.29, 1.82) is 0 Å². The Morgan fingerprint density at radius 1 is 0.923 bits per heavy atom. The van der Waals surface area contributed by atoms with Crippen LogP contribution in [-0.4, -0.2) is 17.7 Å². The molecule has 2 rings (SSSR count). The fourth-order valence-electron chi connectivity index (χ4n) is 2.15. The number of carbonyl (C=O) groups excluding carboxylic acids is 3. The van der Waals surface area contributed by atoms with Gasteiger partial charge in [0.05, 0.1) is 0 Å². The zero-order chi connectivity index (χ0) is 18.9. The molecule has 3 amide bonds. The van der Waals surface area contributed by atoms with Crippen molar-refractivity contribution in [1.82, 2.24) is 10.9 Å². The molecule has 0 unspecified atom stereocenters. The Hall–Kier alpha value is -2.67. The van der Waals surface area contributed by atoms with Crippen LogP contribution in [0.25, 0.3) is 0 Å².